The van der Waals surface area contributed by atoms with Crippen LogP contribution >= 0.6 is 0 Å². The van der Waals surface area contributed by atoms with E-state index in [0.717, 1.165) is 12.2 Å². The summed E-state index contributed by atoms with van der Waals surface area (Å²) < 4.78 is 2.02. The Morgan fingerprint density at radius 3 is 2.78 bits per heavy atom. The van der Waals surface area contributed by atoms with E-state index >= 15 is 0 Å². The summed E-state index contributed by atoms with van der Waals surface area (Å²) in [6.45, 7) is 6.07. The zero-order valence-corrected chi connectivity index (χ0v) is 11.9. The second-order valence-electron chi connectivity index (χ2n) is 5.32. The van der Waals surface area contributed by atoms with E-state index in [1.807, 2.05) is 11.7 Å². The van der Waals surface area contributed by atoms with Gasteiger partial charge in [-0.25, -0.2) is 0 Å². The van der Waals surface area contributed by atoms with Crippen LogP contribution in [0.3, 0.4) is 0 Å². The minimum atomic E-state index is 0.585. The van der Waals surface area contributed by atoms with Crippen molar-refractivity contribution >= 4 is 5.82 Å². The predicted octanol–water partition coefficient (Wildman–Crippen LogP) is 2.35. The van der Waals surface area contributed by atoms with Crippen LogP contribution in [-0.2, 0) is 13.6 Å². The van der Waals surface area contributed by atoms with E-state index in [9.17, 15) is 0 Å². The molecule has 1 fully saturated rings. The van der Waals surface area contributed by atoms with Crippen molar-refractivity contribution < 1.29 is 0 Å². The number of rotatable bonds is 3. The first kappa shape index (κ1) is 13.4. The van der Waals surface area contributed by atoms with Gasteiger partial charge in [0.25, 0.3) is 0 Å². The van der Waals surface area contributed by atoms with E-state index in [-0.39, 0.29) is 0 Å². The van der Waals surface area contributed by atoms with Crippen LogP contribution in [0.1, 0.15) is 50.3 Å². The lowest BCUT2D eigenvalue weighted by Crippen LogP contribution is -2.36. The van der Waals surface area contributed by atoms with Crippen LogP contribution in [0.2, 0.25) is 0 Å². The molecule has 2 heterocycles. The number of hydrogen-bond acceptors (Lipinski definition) is 3. The fourth-order valence-electron chi connectivity index (χ4n) is 3.17. The standard InChI is InChI=1S/C14H26N4/c1-4-12-8-6-5-7-9-18(12)14-13(10-15)11(2)16-17(14)3/h12H,4-10,15H2,1-3H3. The lowest BCUT2D eigenvalue weighted by atomic mass is 10.1. The molecule has 0 aliphatic carbocycles. The minimum absolute atomic E-state index is 0.585. The van der Waals surface area contributed by atoms with E-state index in [4.69, 9.17) is 5.73 Å². The smallest absolute Gasteiger partial charge is 0.131 e. The van der Waals surface area contributed by atoms with Gasteiger partial charge in [-0.1, -0.05) is 19.8 Å². The molecule has 4 heteroatoms. The Labute approximate surface area is 110 Å². The Morgan fingerprint density at radius 1 is 1.33 bits per heavy atom. The van der Waals surface area contributed by atoms with Crippen LogP contribution in [-0.4, -0.2) is 22.4 Å². The van der Waals surface area contributed by atoms with Gasteiger partial charge in [-0.2, -0.15) is 5.10 Å². The first-order valence-electron chi connectivity index (χ1n) is 7.18. The summed E-state index contributed by atoms with van der Waals surface area (Å²) in [4.78, 5) is 2.55. The van der Waals surface area contributed by atoms with Crippen molar-refractivity contribution in [1.82, 2.24) is 9.78 Å². The molecule has 1 aliphatic rings. The highest BCUT2D eigenvalue weighted by Gasteiger charge is 2.25. The van der Waals surface area contributed by atoms with E-state index in [0.29, 0.717) is 12.6 Å². The average Bonchev–Trinajstić information content (AvgIpc) is 2.55. The quantitative estimate of drug-likeness (QED) is 0.895. The molecule has 1 atom stereocenters. The van der Waals surface area contributed by atoms with Crippen molar-refractivity contribution in [3.8, 4) is 0 Å². The van der Waals surface area contributed by atoms with E-state index in [1.165, 1.54) is 43.5 Å². The fourth-order valence-corrected chi connectivity index (χ4v) is 3.17. The summed E-state index contributed by atoms with van der Waals surface area (Å²) in [5.74, 6) is 1.25. The summed E-state index contributed by atoms with van der Waals surface area (Å²) >= 11 is 0. The number of nitrogens with zero attached hydrogens (tertiary/aromatic N) is 3. The molecule has 1 aromatic rings. The van der Waals surface area contributed by atoms with E-state index < -0.39 is 0 Å². The van der Waals surface area contributed by atoms with Gasteiger partial charge in [0, 0.05) is 31.7 Å². The number of aromatic nitrogens is 2. The molecule has 2 rings (SSSR count). The summed E-state index contributed by atoms with van der Waals surface area (Å²) in [5, 5.41) is 4.55. The number of aryl methyl sites for hydroxylation is 2. The number of hydrogen-bond donors (Lipinski definition) is 1. The molecule has 0 bridgehead atoms. The molecule has 18 heavy (non-hydrogen) atoms. The molecule has 1 unspecified atom stereocenters. The van der Waals surface area contributed by atoms with Gasteiger partial charge in [0.15, 0.2) is 0 Å². The Bertz CT molecular complexity index is 397. The topological polar surface area (TPSA) is 47.1 Å². The van der Waals surface area contributed by atoms with Crippen LogP contribution in [0, 0.1) is 6.92 Å². The Morgan fingerprint density at radius 2 is 2.11 bits per heavy atom. The summed E-state index contributed by atoms with van der Waals surface area (Å²) in [7, 11) is 2.04. The van der Waals surface area contributed by atoms with Gasteiger partial charge in [0.2, 0.25) is 0 Å². The third-order valence-electron chi connectivity index (χ3n) is 4.14. The molecule has 0 saturated carbocycles. The third-order valence-corrected chi connectivity index (χ3v) is 4.14. The first-order valence-corrected chi connectivity index (χ1v) is 7.18. The highest BCUT2D eigenvalue weighted by molar-refractivity contribution is 5.51. The molecule has 0 spiro atoms. The first-order chi connectivity index (χ1) is 8.69. The van der Waals surface area contributed by atoms with Crippen molar-refractivity contribution in [2.45, 2.75) is 58.5 Å². The van der Waals surface area contributed by atoms with Crippen molar-refractivity contribution in [2.75, 3.05) is 11.4 Å². The lowest BCUT2D eigenvalue weighted by molar-refractivity contribution is 0.540. The molecule has 2 N–H and O–H groups in total. The van der Waals surface area contributed by atoms with Crippen molar-refractivity contribution in [3.63, 3.8) is 0 Å². The van der Waals surface area contributed by atoms with Gasteiger partial charge in [0.05, 0.1) is 5.69 Å². The predicted molar refractivity (Wildman–Crippen MR) is 75.7 cm³/mol. The van der Waals surface area contributed by atoms with Crippen LogP contribution in [0.5, 0.6) is 0 Å². The molecular formula is C14H26N4. The third kappa shape index (κ3) is 2.39. The zero-order valence-electron chi connectivity index (χ0n) is 11.9. The maximum absolute atomic E-state index is 5.92. The molecule has 1 aliphatic heterocycles. The van der Waals surface area contributed by atoms with Gasteiger partial charge in [-0.3, -0.25) is 4.68 Å². The van der Waals surface area contributed by atoms with Crippen LogP contribution in [0.25, 0.3) is 0 Å². The maximum atomic E-state index is 5.92. The second-order valence-corrected chi connectivity index (χ2v) is 5.32. The highest BCUT2D eigenvalue weighted by atomic mass is 15.4. The minimum Gasteiger partial charge on any atom is -0.354 e. The molecule has 0 amide bonds. The highest BCUT2D eigenvalue weighted by Crippen LogP contribution is 2.29. The number of nitrogens with two attached hydrogens (primary N) is 1. The second kappa shape index (κ2) is 5.74. The molecule has 0 radical (unpaired) electrons. The Kier molecular flexibility index (Phi) is 4.27. The maximum Gasteiger partial charge on any atom is 0.131 e. The largest absolute Gasteiger partial charge is 0.354 e. The van der Waals surface area contributed by atoms with Gasteiger partial charge in [-0.15, -0.1) is 0 Å². The summed E-state index contributed by atoms with van der Waals surface area (Å²) in [6, 6.07) is 0.646. The van der Waals surface area contributed by atoms with Crippen LogP contribution in [0.4, 0.5) is 5.82 Å². The van der Waals surface area contributed by atoms with Crippen molar-refractivity contribution in [3.05, 3.63) is 11.3 Å². The summed E-state index contributed by atoms with van der Waals surface area (Å²) in [6.07, 6.45) is 6.48. The van der Waals surface area contributed by atoms with E-state index in [2.05, 4.69) is 23.8 Å². The van der Waals surface area contributed by atoms with Gasteiger partial charge in [0.1, 0.15) is 5.82 Å². The van der Waals surface area contributed by atoms with E-state index in [1.54, 1.807) is 0 Å². The van der Waals surface area contributed by atoms with Gasteiger partial charge in [-0.05, 0) is 26.2 Å². The van der Waals surface area contributed by atoms with Crippen molar-refractivity contribution in [2.24, 2.45) is 12.8 Å². The molecule has 102 valence electrons. The average molecular weight is 250 g/mol. The molecule has 4 nitrogen and oxygen atoms in total. The molecule has 1 aromatic heterocycles. The molecule has 0 aromatic carbocycles. The fraction of sp³-hybridized carbons (Fsp3) is 0.786. The van der Waals surface area contributed by atoms with Gasteiger partial charge >= 0.3 is 0 Å². The van der Waals surface area contributed by atoms with Crippen LogP contribution in [0.15, 0.2) is 0 Å². The molecule has 1 saturated heterocycles. The van der Waals surface area contributed by atoms with Crippen molar-refractivity contribution in [1.29, 1.82) is 0 Å². The lowest BCUT2D eigenvalue weighted by Gasteiger charge is -2.32. The van der Waals surface area contributed by atoms with Gasteiger partial charge < -0.3 is 10.6 Å². The monoisotopic (exact) mass is 250 g/mol. The summed E-state index contributed by atoms with van der Waals surface area (Å²) in [5.41, 5.74) is 8.22. The Hall–Kier alpha value is -1.03. The number of anilines is 1. The zero-order chi connectivity index (χ0) is 13.1. The SMILES string of the molecule is CCC1CCCCCN1c1c(CN)c(C)nn1C. The Balaban J connectivity index is 2.38. The molecular weight excluding hydrogens is 224 g/mol. The normalized spacial score (nSPS) is 21.1. The van der Waals surface area contributed by atoms with Crippen LogP contribution < -0.4 is 10.6 Å².